The SMILES string of the molecule is COc1ccc(Oc2c(Cl)ccc(CNC(=O)c3ccc(S(C)(=O)=O)cc3)c2Cl)cc1C(C)C. The molecule has 0 spiro atoms. The van der Waals surface area contributed by atoms with E-state index in [1.807, 2.05) is 12.1 Å². The van der Waals surface area contributed by atoms with Gasteiger partial charge in [-0.05, 0) is 60.0 Å². The van der Waals surface area contributed by atoms with E-state index in [-0.39, 0.29) is 34.0 Å². The van der Waals surface area contributed by atoms with Crippen LogP contribution >= 0.6 is 23.2 Å². The molecular weight excluding hydrogens is 497 g/mol. The Morgan fingerprint density at radius 2 is 1.71 bits per heavy atom. The Hall–Kier alpha value is -2.74. The van der Waals surface area contributed by atoms with Gasteiger partial charge in [0.25, 0.3) is 5.91 Å². The van der Waals surface area contributed by atoms with E-state index in [1.54, 1.807) is 25.3 Å². The molecule has 0 saturated carbocycles. The van der Waals surface area contributed by atoms with Crippen LogP contribution in [0.25, 0.3) is 0 Å². The third-order valence-electron chi connectivity index (χ3n) is 5.16. The van der Waals surface area contributed by atoms with E-state index in [4.69, 9.17) is 32.7 Å². The van der Waals surface area contributed by atoms with Crippen LogP contribution in [0.2, 0.25) is 10.0 Å². The van der Waals surface area contributed by atoms with Gasteiger partial charge in [0.15, 0.2) is 15.6 Å². The van der Waals surface area contributed by atoms with Crippen LogP contribution in [-0.4, -0.2) is 27.7 Å². The van der Waals surface area contributed by atoms with Gasteiger partial charge in [-0.2, -0.15) is 0 Å². The number of nitrogens with one attached hydrogen (secondary N) is 1. The standard InChI is InChI=1S/C25H25Cl2NO5S/c1-15(2)20-13-18(8-12-22(20)32-3)33-24-21(26)11-7-17(23(24)27)14-28-25(29)16-5-9-19(10-6-16)34(4,30)31/h5-13,15H,14H2,1-4H3,(H,28,29). The van der Waals surface area contributed by atoms with Gasteiger partial charge in [-0.15, -0.1) is 0 Å². The molecule has 3 aromatic carbocycles. The number of ether oxygens (including phenoxy) is 2. The van der Waals surface area contributed by atoms with Crippen molar-refractivity contribution >= 4 is 38.9 Å². The average Bonchev–Trinajstić information content (AvgIpc) is 2.80. The monoisotopic (exact) mass is 521 g/mol. The molecule has 0 bridgehead atoms. The van der Waals surface area contributed by atoms with E-state index in [0.29, 0.717) is 21.9 Å². The fourth-order valence-corrected chi connectivity index (χ4v) is 4.42. The smallest absolute Gasteiger partial charge is 0.251 e. The molecule has 0 aliphatic carbocycles. The Kier molecular flexibility index (Phi) is 8.13. The number of carbonyl (C=O) groups excluding carboxylic acids is 1. The van der Waals surface area contributed by atoms with Gasteiger partial charge in [0.1, 0.15) is 11.5 Å². The first kappa shape index (κ1) is 25.9. The summed E-state index contributed by atoms with van der Waals surface area (Å²) in [4.78, 5) is 12.7. The molecular formula is C25H25Cl2NO5S. The molecule has 0 atom stereocenters. The molecule has 0 aliphatic rings. The maximum absolute atomic E-state index is 12.5. The predicted molar refractivity (Wildman–Crippen MR) is 134 cm³/mol. The average molecular weight is 522 g/mol. The van der Waals surface area contributed by atoms with E-state index < -0.39 is 9.84 Å². The molecule has 0 radical (unpaired) electrons. The van der Waals surface area contributed by atoms with Crippen LogP contribution < -0.4 is 14.8 Å². The van der Waals surface area contributed by atoms with Crippen molar-refractivity contribution in [1.82, 2.24) is 5.32 Å². The van der Waals surface area contributed by atoms with Crippen LogP contribution in [0, 0.1) is 0 Å². The zero-order chi connectivity index (χ0) is 25.0. The molecule has 9 heteroatoms. The normalized spacial score (nSPS) is 11.4. The van der Waals surface area contributed by atoms with Crippen LogP contribution in [0.3, 0.4) is 0 Å². The van der Waals surface area contributed by atoms with E-state index in [2.05, 4.69) is 19.2 Å². The van der Waals surface area contributed by atoms with Crippen molar-refractivity contribution in [3.8, 4) is 17.2 Å². The van der Waals surface area contributed by atoms with Crippen LogP contribution in [0.15, 0.2) is 59.5 Å². The molecule has 0 aliphatic heterocycles. The number of amides is 1. The summed E-state index contributed by atoms with van der Waals surface area (Å²) in [6, 6.07) is 14.5. The molecule has 0 unspecified atom stereocenters. The highest BCUT2D eigenvalue weighted by Gasteiger charge is 2.17. The van der Waals surface area contributed by atoms with Gasteiger partial charge in [-0.25, -0.2) is 8.42 Å². The number of halogens is 2. The molecule has 0 fully saturated rings. The van der Waals surface area contributed by atoms with Crippen LogP contribution in [0.5, 0.6) is 17.2 Å². The second-order valence-corrected chi connectivity index (χ2v) is 10.8. The molecule has 6 nitrogen and oxygen atoms in total. The highest BCUT2D eigenvalue weighted by Crippen LogP contribution is 2.40. The van der Waals surface area contributed by atoms with Crippen molar-refractivity contribution in [3.05, 3.63) is 81.3 Å². The Morgan fingerprint density at radius 3 is 2.29 bits per heavy atom. The van der Waals surface area contributed by atoms with Gasteiger partial charge in [-0.3, -0.25) is 4.79 Å². The molecule has 3 aromatic rings. The Bertz CT molecular complexity index is 1310. The minimum atomic E-state index is -3.34. The van der Waals surface area contributed by atoms with E-state index >= 15 is 0 Å². The summed E-state index contributed by atoms with van der Waals surface area (Å²) < 4.78 is 34.6. The van der Waals surface area contributed by atoms with E-state index in [0.717, 1.165) is 17.6 Å². The number of benzene rings is 3. The number of hydrogen-bond donors (Lipinski definition) is 1. The largest absolute Gasteiger partial charge is 0.496 e. The summed E-state index contributed by atoms with van der Waals surface area (Å²) >= 11 is 12.9. The zero-order valence-electron chi connectivity index (χ0n) is 19.2. The van der Waals surface area contributed by atoms with E-state index in [1.165, 1.54) is 24.3 Å². The van der Waals surface area contributed by atoms with Crippen molar-refractivity contribution in [1.29, 1.82) is 0 Å². The highest BCUT2D eigenvalue weighted by molar-refractivity contribution is 7.90. The lowest BCUT2D eigenvalue weighted by Crippen LogP contribution is -2.23. The first-order valence-electron chi connectivity index (χ1n) is 10.4. The number of methoxy groups -OCH3 is 1. The Balaban J connectivity index is 1.78. The second kappa shape index (κ2) is 10.7. The van der Waals surface area contributed by atoms with Crippen LogP contribution in [-0.2, 0) is 16.4 Å². The van der Waals surface area contributed by atoms with E-state index in [9.17, 15) is 13.2 Å². The molecule has 3 rings (SSSR count). The maximum Gasteiger partial charge on any atom is 0.251 e. The van der Waals surface area contributed by atoms with Crippen molar-refractivity contribution in [2.24, 2.45) is 0 Å². The lowest BCUT2D eigenvalue weighted by atomic mass is 10.0. The van der Waals surface area contributed by atoms with Gasteiger partial charge >= 0.3 is 0 Å². The molecule has 0 heterocycles. The third kappa shape index (κ3) is 6.03. The summed E-state index contributed by atoms with van der Waals surface area (Å²) in [6.45, 7) is 4.23. The van der Waals surface area contributed by atoms with Crippen molar-refractivity contribution in [2.45, 2.75) is 31.2 Å². The lowest BCUT2D eigenvalue weighted by molar-refractivity contribution is 0.0950. The fraction of sp³-hybridized carbons (Fsp3) is 0.240. The van der Waals surface area contributed by atoms with Crippen LogP contribution in [0.4, 0.5) is 0 Å². The number of carbonyl (C=O) groups is 1. The lowest BCUT2D eigenvalue weighted by Gasteiger charge is -2.16. The first-order valence-corrected chi connectivity index (χ1v) is 13.1. The van der Waals surface area contributed by atoms with Gasteiger partial charge < -0.3 is 14.8 Å². The van der Waals surface area contributed by atoms with Gasteiger partial charge in [0.05, 0.1) is 22.1 Å². The molecule has 0 saturated heterocycles. The zero-order valence-corrected chi connectivity index (χ0v) is 21.5. The second-order valence-electron chi connectivity index (χ2n) is 7.99. The first-order chi connectivity index (χ1) is 16.0. The van der Waals surface area contributed by atoms with Crippen molar-refractivity contribution in [2.75, 3.05) is 13.4 Å². The summed E-state index contributed by atoms with van der Waals surface area (Å²) in [7, 11) is -1.72. The maximum atomic E-state index is 12.5. The fourth-order valence-electron chi connectivity index (χ4n) is 3.28. The quantitative estimate of drug-likeness (QED) is 0.378. The minimum Gasteiger partial charge on any atom is -0.496 e. The highest BCUT2D eigenvalue weighted by atomic mass is 35.5. The molecule has 34 heavy (non-hydrogen) atoms. The van der Waals surface area contributed by atoms with Crippen LogP contribution in [0.1, 0.15) is 41.3 Å². The number of rotatable bonds is 8. The molecule has 0 aromatic heterocycles. The van der Waals surface area contributed by atoms with Gasteiger partial charge in [-0.1, -0.05) is 43.1 Å². The Morgan fingerprint density at radius 1 is 1.03 bits per heavy atom. The summed E-state index contributed by atoms with van der Waals surface area (Å²) in [5.41, 5.74) is 1.92. The number of hydrogen-bond acceptors (Lipinski definition) is 5. The third-order valence-corrected chi connectivity index (χ3v) is 7.00. The van der Waals surface area contributed by atoms with Gasteiger partial charge in [0, 0.05) is 23.9 Å². The summed E-state index contributed by atoms with van der Waals surface area (Å²) in [5.74, 6) is 1.45. The topological polar surface area (TPSA) is 81.7 Å². The minimum absolute atomic E-state index is 0.124. The molecule has 1 amide bonds. The summed E-state index contributed by atoms with van der Waals surface area (Å²) in [6.07, 6.45) is 1.11. The predicted octanol–water partition coefficient (Wildman–Crippen LogP) is 6.25. The van der Waals surface area contributed by atoms with Crippen molar-refractivity contribution < 1.29 is 22.7 Å². The summed E-state index contributed by atoms with van der Waals surface area (Å²) in [5, 5.41) is 3.39. The molecule has 1 N–H and O–H groups in total. The molecule has 180 valence electrons. The van der Waals surface area contributed by atoms with Gasteiger partial charge in [0.2, 0.25) is 0 Å². The Labute approximate surface area is 209 Å². The number of sulfone groups is 1. The van der Waals surface area contributed by atoms with Crippen molar-refractivity contribution in [3.63, 3.8) is 0 Å².